The molecule has 3 N–H and O–H groups in total. The van der Waals surface area contributed by atoms with Gasteiger partial charge in [0.1, 0.15) is 35.1 Å². The molecule has 9 atom stereocenters. The number of fused-ring (bicyclic) bond motifs is 7. The Morgan fingerprint density at radius 3 is 2.69 bits per heavy atom. The average molecular weight is 772 g/mol. The predicted octanol–water partition coefficient (Wildman–Crippen LogP) is 5.44. The van der Waals surface area contributed by atoms with Gasteiger partial charge < -0.3 is 25.0 Å². The second kappa shape index (κ2) is 13.8. The van der Waals surface area contributed by atoms with E-state index in [1.165, 1.54) is 4.90 Å². The summed E-state index contributed by atoms with van der Waals surface area (Å²) < 4.78 is 39.3. The van der Waals surface area contributed by atoms with Gasteiger partial charge in [-0.05, 0) is 88.5 Å². The molecule has 3 saturated carbocycles. The summed E-state index contributed by atoms with van der Waals surface area (Å²) in [4.78, 5) is 62.7. The Bertz CT molecular complexity index is 2050. The number of para-hydroxylation sites is 1. The van der Waals surface area contributed by atoms with E-state index in [-0.39, 0.29) is 32.6 Å². The Labute approximate surface area is 323 Å². The van der Waals surface area contributed by atoms with Gasteiger partial charge in [-0.25, -0.2) is 18.2 Å². The molecule has 0 radical (unpaired) electrons. The molecule has 2 bridgehead atoms. The number of benzene rings is 1. The summed E-state index contributed by atoms with van der Waals surface area (Å²) in [6.45, 7) is 4.20. The Morgan fingerprint density at radius 2 is 1.93 bits per heavy atom. The van der Waals surface area contributed by atoms with Crippen LogP contribution in [-0.4, -0.2) is 84.2 Å². The van der Waals surface area contributed by atoms with Crippen LogP contribution in [0.3, 0.4) is 0 Å². The lowest BCUT2D eigenvalue weighted by Crippen LogP contribution is -2.58. The molecule has 3 unspecified atom stereocenters. The van der Waals surface area contributed by atoms with Crippen LogP contribution < -0.4 is 20.1 Å². The molecule has 13 nitrogen and oxygen atoms in total. The van der Waals surface area contributed by atoms with Crippen LogP contribution in [-0.2, 0) is 35.6 Å². The summed E-state index contributed by atoms with van der Waals surface area (Å²) >= 11 is 0. The second-order valence-electron chi connectivity index (χ2n) is 16.8. The largest absolute Gasteiger partial charge is 0.483 e. The van der Waals surface area contributed by atoms with Gasteiger partial charge >= 0.3 is 6.09 Å². The third kappa shape index (κ3) is 6.83. The number of hydrogen-bond donors (Lipinski definition) is 3. The lowest BCUT2D eigenvalue weighted by atomic mass is 9.87. The number of ether oxygens (including phenoxy) is 2. The van der Waals surface area contributed by atoms with Crippen molar-refractivity contribution in [3.63, 3.8) is 0 Å². The molecule has 1 spiro atoms. The molecule has 6 aliphatic rings. The van der Waals surface area contributed by atoms with Crippen molar-refractivity contribution in [2.75, 3.05) is 12.8 Å². The van der Waals surface area contributed by atoms with Crippen LogP contribution in [0.2, 0.25) is 0 Å². The van der Waals surface area contributed by atoms with Gasteiger partial charge in [-0.1, -0.05) is 50.1 Å². The summed E-state index contributed by atoms with van der Waals surface area (Å²) in [5.41, 5.74) is 0.183. The van der Waals surface area contributed by atoms with E-state index in [4.69, 9.17) is 14.5 Å². The third-order valence-electron chi connectivity index (χ3n) is 13.2. The van der Waals surface area contributed by atoms with Gasteiger partial charge in [-0.2, -0.15) is 0 Å². The average Bonchev–Trinajstić information content (AvgIpc) is 3.34. The first-order valence-corrected chi connectivity index (χ1v) is 21.5. The Morgan fingerprint density at radius 1 is 1.11 bits per heavy atom. The molecular weight excluding hydrogens is 711 g/mol. The fourth-order valence-corrected chi connectivity index (χ4v) is 10.7. The first-order valence-electron chi connectivity index (χ1n) is 19.6. The highest BCUT2D eigenvalue weighted by molar-refractivity contribution is 7.89. The van der Waals surface area contributed by atoms with Gasteiger partial charge in [0.15, 0.2) is 0 Å². The zero-order chi connectivity index (χ0) is 38.0. The molecule has 300 valence electrons. The minimum absolute atomic E-state index is 0. The fourth-order valence-electron chi connectivity index (χ4n) is 10.2. The third-order valence-corrected chi connectivity index (χ3v) is 13.7. The quantitative estimate of drug-likeness (QED) is 0.343. The summed E-state index contributed by atoms with van der Waals surface area (Å²) in [6, 6.07) is 5.89. The number of pyridine rings is 1. The number of nitrogens with one attached hydrogen (secondary N) is 3. The zero-order valence-corrected chi connectivity index (χ0v) is 32.1. The number of aryl methyl sites for hydroxylation is 2. The molecule has 8 rings (SSSR count). The number of allylic oxidation sites excluding steroid dienone is 1. The van der Waals surface area contributed by atoms with E-state index in [0.717, 1.165) is 54.8 Å². The van der Waals surface area contributed by atoms with Crippen molar-refractivity contribution in [2.45, 2.75) is 120 Å². The first kappa shape index (κ1) is 36.8. The van der Waals surface area contributed by atoms with E-state index in [9.17, 15) is 27.6 Å². The molecule has 1 aromatic carbocycles. The van der Waals surface area contributed by atoms with Crippen LogP contribution in [0.4, 0.5) is 4.79 Å². The number of alkyl carbamates (subject to hydrolysis) is 1. The number of nitrogens with zero attached hydrogens (tertiary/aromatic N) is 2. The van der Waals surface area contributed by atoms with Crippen LogP contribution in [0.5, 0.6) is 5.75 Å². The molecule has 3 aliphatic heterocycles. The number of hydrogen-bond acceptors (Lipinski definition) is 9. The van der Waals surface area contributed by atoms with Crippen molar-refractivity contribution in [3.8, 4) is 5.75 Å². The Hall–Kier alpha value is -4.20. The molecule has 4 fully saturated rings. The maximum Gasteiger partial charge on any atom is 0.408 e. The van der Waals surface area contributed by atoms with Crippen molar-refractivity contribution in [2.24, 2.45) is 23.7 Å². The summed E-state index contributed by atoms with van der Waals surface area (Å²) in [6.07, 6.45) is 11.8. The van der Waals surface area contributed by atoms with Crippen LogP contribution in [0.1, 0.15) is 95.9 Å². The minimum Gasteiger partial charge on any atom is -0.483 e. The maximum absolute atomic E-state index is 14.8. The van der Waals surface area contributed by atoms with Gasteiger partial charge in [0.2, 0.25) is 21.8 Å². The Kier molecular flexibility index (Phi) is 9.41. The number of rotatable bonds is 4. The van der Waals surface area contributed by atoms with Gasteiger partial charge in [-0.3, -0.25) is 19.1 Å². The smallest absolute Gasteiger partial charge is 0.408 e. The topological polar surface area (TPSA) is 173 Å². The van der Waals surface area contributed by atoms with Crippen molar-refractivity contribution < 1.29 is 44.2 Å². The second-order valence-corrected chi connectivity index (χ2v) is 18.5. The van der Waals surface area contributed by atoms with E-state index < -0.39 is 63.0 Å². The van der Waals surface area contributed by atoms with Gasteiger partial charge in [-0.15, -0.1) is 0 Å². The van der Waals surface area contributed by atoms with Crippen LogP contribution >= 0.6 is 0 Å². The van der Waals surface area contributed by atoms with Gasteiger partial charge in [0.25, 0.3) is 5.91 Å². The molecule has 14 heteroatoms. The van der Waals surface area contributed by atoms with Crippen LogP contribution in [0.25, 0.3) is 10.9 Å². The molecule has 4 heterocycles. The summed E-state index contributed by atoms with van der Waals surface area (Å²) in [7, 11) is -3.92. The molecule has 54 heavy (non-hydrogen) atoms. The van der Waals surface area contributed by atoms with E-state index >= 15 is 0 Å². The molecule has 3 aliphatic carbocycles. The number of sulfonamides is 1. The highest BCUT2D eigenvalue weighted by Gasteiger charge is 2.62. The first-order chi connectivity index (χ1) is 25.8. The van der Waals surface area contributed by atoms with Crippen molar-refractivity contribution in [3.05, 3.63) is 47.7 Å². The Balaban J connectivity index is 0.00000186. The SMILES string of the molecule is Cc1nc2ccccc2c2c1O[C@]1(CC2)C[C@H]2C(=O)N[C@]3(C(=O)NS(C)(=O)=O)C[C@H]3/C=C\CCCCC[C@H](NC(=O)O[C@@H]3CC4CCC3C4C)C(=O)N2C1.[HH].[HH].[HH].[HH].[HH]. The van der Waals surface area contributed by atoms with Gasteiger partial charge in [0.05, 0.1) is 24.0 Å². The zero-order valence-electron chi connectivity index (χ0n) is 31.3. The fraction of sp³-hybridized carbons (Fsp3) is 0.625. The van der Waals surface area contributed by atoms with Crippen molar-refractivity contribution in [1.82, 2.24) is 25.2 Å². The normalized spacial score (nSPS) is 35.5. The molecule has 4 amide bonds. The molecule has 2 aromatic rings. The van der Waals surface area contributed by atoms with E-state index in [1.54, 1.807) is 0 Å². The maximum atomic E-state index is 14.8. The van der Waals surface area contributed by atoms with E-state index in [2.05, 4.69) is 22.3 Å². The van der Waals surface area contributed by atoms with Crippen LogP contribution in [0.15, 0.2) is 36.4 Å². The predicted molar refractivity (Wildman–Crippen MR) is 210 cm³/mol. The number of carbonyl (C=O) groups is 4. The van der Waals surface area contributed by atoms with Crippen molar-refractivity contribution in [1.29, 1.82) is 0 Å². The van der Waals surface area contributed by atoms with Crippen LogP contribution in [0, 0.1) is 30.6 Å². The van der Waals surface area contributed by atoms with Crippen molar-refractivity contribution >= 4 is 44.7 Å². The molecule has 1 saturated heterocycles. The number of aromatic nitrogens is 1. The molecular formula is C40H61N5O8S. The highest BCUT2D eigenvalue weighted by Crippen LogP contribution is 2.51. The lowest BCUT2D eigenvalue weighted by Gasteiger charge is -2.36. The van der Waals surface area contributed by atoms with E-state index in [1.807, 2.05) is 43.3 Å². The summed E-state index contributed by atoms with van der Waals surface area (Å²) in [5, 5.41) is 6.82. The standard InChI is InChI=1S/C40H51N5O8S.5H2/c1-23-25-15-16-27(23)33(19-25)52-38(49)42-31-14-8-6-4-5-7-11-26-20-40(26,37(48)44-54(3,50)51)43-35(46)32-21-39(22-45(32)36(31)47)18-17-29-28-12-9-10-13-30(28)41-24(2)34(29)53-39;;;;;/h7,9-13,23,25-27,31-33H,4-6,8,14-22H2,1-3H3,(H,42,49)(H,43,46)(H,44,48);5*1H/b11-7-;;;;;/t23?,25?,26-,27?,31+,32+,33-,39-,40-;;;;;/m1...../s1. The molecule has 1 aromatic heterocycles. The summed E-state index contributed by atoms with van der Waals surface area (Å²) in [5.74, 6) is -0.189. The highest BCUT2D eigenvalue weighted by atomic mass is 32.2. The van der Waals surface area contributed by atoms with Gasteiger partial charge in [0, 0.05) is 30.4 Å². The number of amides is 4. The lowest BCUT2D eigenvalue weighted by molar-refractivity contribution is -0.141. The van der Waals surface area contributed by atoms with E-state index in [0.29, 0.717) is 61.3 Å². The minimum atomic E-state index is -3.92. The number of carbonyl (C=O) groups excluding carboxylic acids is 4. The monoisotopic (exact) mass is 771 g/mol.